The second kappa shape index (κ2) is 15.5. The lowest BCUT2D eigenvalue weighted by Gasteiger charge is -2.19. The van der Waals surface area contributed by atoms with Gasteiger partial charge in [-0.2, -0.15) is 18.4 Å². The lowest BCUT2D eigenvalue weighted by molar-refractivity contribution is -0.143. The van der Waals surface area contributed by atoms with Crippen LogP contribution in [0.25, 0.3) is 11.3 Å². The van der Waals surface area contributed by atoms with E-state index < -0.39 is 40.8 Å². The van der Waals surface area contributed by atoms with E-state index >= 15 is 0 Å². The number of hydrogen-bond acceptors (Lipinski definition) is 6. The van der Waals surface area contributed by atoms with Crippen molar-refractivity contribution in [3.63, 3.8) is 0 Å². The molecule has 0 aliphatic carbocycles. The summed E-state index contributed by atoms with van der Waals surface area (Å²) in [6.45, 7) is 7.54. The first-order valence-corrected chi connectivity index (χ1v) is 14.8. The molecule has 252 valence electrons. The topological polar surface area (TPSA) is 110 Å². The van der Waals surface area contributed by atoms with Gasteiger partial charge in [0.1, 0.15) is 29.2 Å². The molecular formula is C37H38F3N3O5. The minimum Gasteiger partial charge on any atom is -0.467 e. The van der Waals surface area contributed by atoms with Gasteiger partial charge >= 0.3 is 12.1 Å². The smallest absolute Gasteiger partial charge is 0.417 e. The molecule has 0 spiro atoms. The fourth-order valence-electron chi connectivity index (χ4n) is 5.17. The van der Waals surface area contributed by atoms with Crippen molar-refractivity contribution in [3.05, 3.63) is 117 Å². The second-order valence-electron chi connectivity index (χ2n) is 11.6. The standard InChI is InChI=1S/C36H34F3N3O5.CH4/c1-21(2)15-31(35(45)46-5)41-33(43)25-7-6-8-28(17-25)47-27-13-11-24(12-14-27)32-18-30(36(37,38)39)29(19-40)34(44)42(32)20-26-10-9-22(3)16-23(26)4;/h6-14,16-18,21,31H,15,20H2,1-5H3,(H,41,43);1H4/t31-;/m1./s1. The zero-order valence-corrected chi connectivity index (χ0v) is 26.6. The van der Waals surface area contributed by atoms with E-state index in [0.717, 1.165) is 17.2 Å². The summed E-state index contributed by atoms with van der Waals surface area (Å²) >= 11 is 0. The third kappa shape index (κ3) is 8.70. The number of alkyl halides is 3. The van der Waals surface area contributed by atoms with Crippen molar-refractivity contribution in [2.24, 2.45) is 5.92 Å². The van der Waals surface area contributed by atoms with E-state index in [1.165, 1.54) is 48.1 Å². The Morgan fingerprint density at radius 1 is 0.979 bits per heavy atom. The number of hydrogen-bond donors (Lipinski definition) is 1. The SMILES string of the molecule is C.COC(=O)[C@@H](CC(C)C)NC(=O)c1cccc(Oc2ccc(-c3cc(C(F)(F)F)c(C#N)c(=O)n3Cc3ccc(C)cc3C)cc2)c1. The normalized spacial score (nSPS) is 11.7. The molecule has 3 aromatic carbocycles. The van der Waals surface area contributed by atoms with Gasteiger partial charge in [-0.1, -0.05) is 51.1 Å². The molecule has 4 rings (SSSR count). The number of carbonyl (C=O) groups is 2. The molecule has 0 radical (unpaired) electrons. The van der Waals surface area contributed by atoms with Crippen molar-refractivity contribution in [2.45, 2.75) is 60.3 Å². The second-order valence-corrected chi connectivity index (χ2v) is 11.6. The first kappa shape index (κ1) is 37.1. The van der Waals surface area contributed by atoms with Crippen molar-refractivity contribution < 1.29 is 32.2 Å². The number of methoxy groups -OCH3 is 1. The number of nitrogens with zero attached hydrogens (tertiary/aromatic N) is 2. The van der Waals surface area contributed by atoms with Gasteiger partial charge in [0, 0.05) is 5.56 Å². The van der Waals surface area contributed by atoms with E-state index in [4.69, 9.17) is 9.47 Å². The van der Waals surface area contributed by atoms with Gasteiger partial charge in [0.05, 0.1) is 24.9 Å². The summed E-state index contributed by atoms with van der Waals surface area (Å²) in [4.78, 5) is 38.5. The van der Waals surface area contributed by atoms with Gasteiger partial charge in [0.25, 0.3) is 11.5 Å². The van der Waals surface area contributed by atoms with Crippen LogP contribution in [-0.4, -0.2) is 29.6 Å². The van der Waals surface area contributed by atoms with Crippen LogP contribution in [0.1, 0.15) is 65.9 Å². The molecule has 1 N–H and O–H groups in total. The van der Waals surface area contributed by atoms with Gasteiger partial charge in [0.2, 0.25) is 0 Å². The molecule has 1 heterocycles. The third-order valence-corrected chi connectivity index (χ3v) is 7.52. The highest BCUT2D eigenvalue weighted by molar-refractivity contribution is 5.97. The van der Waals surface area contributed by atoms with Gasteiger partial charge in [-0.05, 0) is 91.4 Å². The Labute approximate surface area is 277 Å². The summed E-state index contributed by atoms with van der Waals surface area (Å²) in [5.74, 6) is -0.309. The number of amides is 1. The molecule has 0 saturated carbocycles. The number of esters is 1. The van der Waals surface area contributed by atoms with Crippen LogP contribution in [0.3, 0.4) is 0 Å². The summed E-state index contributed by atoms with van der Waals surface area (Å²) in [5, 5.41) is 12.2. The number of aryl methyl sites for hydroxylation is 2. The van der Waals surface area contributed by atoms with Gasteiger partial charge in [0.15, 0.2) is 0 Å². The van der Waals surface area contributed by atoms with Crippen molar-refractivity contribution in [2.75, 3.05) is 7.11 Å². The van der Waals surface area contributed by atoms with Crippen LogP contribution in [-0.2, 0) is 22.3 Å². The highest BCUT2D eigenvalue weighted by Crippen LogP contribution is 2.34. The number of carbonyl (C=O) groups excluding carboxylic acids is 2. The average Bonchev–Trinajstić information content (AvgIpc) is 3.02. The Morgan fingerprint density at radius 2 is 1.67 bits per heavy atom. The Morgan fingerprint density at radius 3 is 2.25 bits per heavy atom. The zero-order chi connectivity index (χ0) is 34.5. The lowest BCUT2D eigenvalue weighted by atomic mass is 10.0. The number of rotatable bonds is 10. The number of halogens is 3. The van der Waals surface area contributed by atoms with Crippen LogP contribution in [0.5, 0.6) is 11.5 Å². The Balaban J connectivity index is 0.00000625. The predicted molar refractivity (Wildman–Crippen MR) is 177 cm³/mol. The minimum absolute atomic E-state index is 0. The summed E-state index contributed by atoms with van der Waals surface area (Å²) in [6, 6.07) is 19.4. The average molecular weight is 662 g/mol. The molecule has 0 aliphatic rings. The Kier molecular flexibility index (Phi) is 12.0. The predicted octanol–water partition coefficient (Wildman–Crippen LogP) is 7.82. The summed E-state index contributed by atoms with van der Waals surface area (Å²) < 4.78 is 53.9. The van der Waals surface area contributed by atoms with E-state index in [2.05, 4.69) is 5.32 Å². The minimum atomic E-state index is -4.93. The van der Waals surface area contributed by atoms with Crippen molar-refractivity contribution in [1.29, 1.82) is 5.26 Å². The van der Waals surface area contributed by atoms with Crippen LogP contribution in [0, 0.1) is 31.1 Å². The van der Waals surface area contributed by atoms with Crippen LogP contribution >= 0.6 is 0 Å². The van der Waals surface area contributed by atoms with Crippen LogP contribution in [0.15, 0.2) is 77.6 Å². The van der Waals surface area contributed by atoms with Crippen molar-refractivity contribution in [1.82, 2.24) is 9.88 Å². The summed E-state index contributed by atoms with van der Waals surface area (Å²) in [5.41, 5.74) is -0.265. The highest BCUT2D eigenvalue weighted by Gasteiger charge is 2.36. The summed E-state index contributed by atoms with van der Waals surface area (Å²) in [6.07, 6.45) is -4.53. The van der Waals surface area contributed by atoms with Gasteiger partial charge in [-0.3, -0.25) is 9.59 Å². The molecule has 1 amide bonds. The molecule has 1 atom stereocenters. The van der Waals surface area contributed by atoms with Crippen LogP contribution < -0.4 is 15.6 Å². The number of nitrogens with one attached hydrogen (secondary N) is 1. The quantitative estimate of drug-likeness (QED) is 0.174. The zero-order valence-electron chi connectivity index (χ0n) is 26.6. The lowest BCUT2D eigenvalue weighted by Crippen LogP contribution is -2.42. The summed E-state index contributed by atoms with van der Waals surface area (Å²) in [7, 11) is 1.25. The van der Waals surface area contributed by atoms with E-state index in [-0.39, 0.29) is 31.1 Å². The van der Waals surface area contributed by atoms with Crippen molar-refractivity contribution in [3.8, 4) is 28.8 Å². The van der Waals surface area contributed by atoms with Crippen LogP contribution in [0.2, 0.25) is 0 Å². The number of benzene rings is 3. The van der Waals surface area contributed by atoms with E-state index in [1.807, 2.05) is 39.8 Å². The van der Waals surface area contributed by atoms with Gasteiger partial charge in [-0.25, -0.2) is 4.79 Å². The molecule has 0 saturated heterocycles. The largest absolute Gasteiger partial charge is 0.467 e. The number of pyridine rings is 1. The molecule has 0 bridgehead atoms. The first-order chi connectivity index (χ1) is 22.2. The molecule has 0 fully saturated rings. The first-order valence-electron chi connectivity index (χ1n) is 14.8. The molecule has 0 unspecified atom stereocenters. The maximum Gasteiger partial charge on any atom is 0.417 e. The molecule has 4 aromatic rings. The molecule has 8 nitrogen and oxygen atoms in total. The highest BCUT2D eigenvalue weighted by atomic mass is 19.4. The maximum absolute atomic E-state index is 14.0. The Hall–Kier alpha value is -5.37. The molecular weight excluding hydrogens is 623 g/mol. The molecule has 11 heteroatoms. The van der Waals surface area contributed by atoms with Gasteiger partial charge < -0.3 is 19.4 Å². The van der Waals surface area contributed by atoms with Crippen molar-refractivity contribution >= 4 is 11.9 Å². The molecule has 0 aliphatic heterocycles. The van der Waals surface area contributed by atoms with E-state index in [1.54, 1.807) is 24.3 Å². The third-order valence-electron chi connectivity index (χ3n) is 7.52. The fraction of sp³-hybridized carbons (Fsp3) is 0.297. The van der Waals surface area contributed by atoms with E-state index in [0.29, 0.717) is 29.0 Å². The monoisotopic (exact) mass is 661 g/mol. The molecule has 48 heavy (non-hydrogen) atoms. The van der Waals surface area contributed by atoms with Crippen LogP contribution in [0.4, 0.5) is 13.2 Å². The number of ether oxygens (including phenoxy) is 2. The van der Waals surface area contributed by atoms with Gasteiger partial charge in [-0.15, -0.1) is 0 Å². The number of aromatic nitrogens is 1. The molecule has 1 aromatic heterocycles. The van der Waals surface area contributed by atoms with E-state index in [9.17, 15) is 32.8 Å². The maximum atomic E-state index is 14.0. The fourth-order valence-corrected chi connectivity index (χ4v) is 5.17. The Bertz CT molecular complexity index is 1890. The number of nitriles is 1.